The van der Waals surface area contributed by atoms with Gasteiger partial charge < -0.3 is 19.8 Å². The van der Waals surface area contributed by atoms with E-state index in [1.165, 1.54) is 12.0 Å². The number of amides is 2. The highest BCUT2D eigenvalue weighted by Crippen LogP contribution is 2.21. The van der Waals surface area contributed by atoms with E-state index >= 15 is 0 Å². The highest BCUT2D eigenvalue weighted by atomic mass is 16.5. The van der Waals surface area contributed by atoms with Crippen molar-refractivity contribution in [2.75, 3.05) is 27.3 Å². The standard InChI is InChI=1S/C11H18N2O6/c1-12(9(14)6-19-2)7-3-4-8(10(15)16)13(5-7)11(17)18/h7-8H,3-6H2,1-2H3,(H,15,16)(H,17,18)/t7-,8-/m0/s1. The van der Waals surface area contributed by atoms with Gasteiger partial charge in [-0.2, -0.15) is 0 Å². The van der Waals surface area contributed by atoms with Crippen molar-refractivity contribution in [3.8, 4) is 0 Å². The van der Waals surface area contributed by atoms with Gasteiger partial charge in [-0.3, -0.25) is 9.69 Å². The van der Waals surface area contributed by atoms with E-state index in [4.69, 9.17) is 14.9 Å². The van der Waals surface area contributed by atoms with Crippen LogP contribution >= 0.6 is 0 Å². The molecular weight excluding hydrogens is 256 g/mol. The van der Waals surface area contributed by atoms with E-state index in [1.807, 2.05) is 0 Å². The third-order valence-corrected chi connectivity index (χ3v) is 3.30. The largest absolute Gasteiger partial charge is 0.480 e. The van der Waals surface area contributed by atoms with Crippen LogP contribution in [0.2, 0.25) is 0 Å². The molecule has 1 rings (SSSR count). The molecule has 0 aromatic rings. The van der Waals surface area contributed by atoms with Gasteiger partial charge in [0.05, 0.1) is 0 Å². The van der Waals surface area contributed by atoms with Crippen LogP contribution in [0, 0.1) is 0 Å². The van der Waals surface area contributed by atoms with Crippen LogP contribution in [-0.4, -0.2) is 77.4 Å². The number of carbonyl (C=O) groups excluding carboxylic acids is 1. The second kappa shape index (κ2) is 6.37. The van der Waals surface area contributed by atoms with Gasteiger partial charge in [-0.1, -0.05) is 0 Å². The predicted octanol–water partition coefficient (Wildman–Crippen LogP) is -0.313. The minimum absolute atomic E-state index is 0.00173. The number of carboxylic acids is 1. The summed E-state index contributed by atoms with van der Waals surface area (Å²) >= 11 is 0. The molecule has 1 fully saturated rings. The van der Waals surface area contributed by atoms with Crippen molar-refractivity contribution in [3.05, 3.63) is 0 Å². The average molecular weight is 274 g/mol. The highest BCUT2D eigenvalue weighted by molar-refractivity contribution is 5.80. The van der Waals surface area contributed by atoms with Gasteiger partial charge >= 0.3 is 12.1 Å². The topological polar surface area (TPSA) is 107 Å². The molecule has 0 bridgehead atoms. The third-order valence-electron chi connectivity index (χ3n) is 3.30. The summed E-state index contributed by atoms with van der Waals surface area (Å²) in [5.41, 5.74) is 0. The average Bonchev–Trinajstić information content (AvgIpc) is 2.37. The Morgan fingerprint density at radius 1 is 1.32 bits per heavy atom. The Morgan fingerprint density at radius 3 is 2.42 bits per heavy atom. The fraction of sp³-hybridized carbons (Fsp3) is 0.727. The smallest absolute Gasteiger partial charge is 0.408 e. The Labute approximate surface area is 110 Å². The Hall–Kier alpha value is -1.83. The number of ether oxygens (including phenoxy) is 1. The molecule has 2 atom stereocenters. The molecule has 0 unspecified atom stereocenters. The molecule has 1 saturated heterocycles. The number of likely N-dealkylation sites (N-methyl/N-ethyl adjacent to an activating group) is 1. The first kappa shape index (κ1) is 15.2. The zero-order valence-corrected chi connectivity index (χ0v) is 10.9. The fourth-order valence-corrected chi connectivity index (χ4v) is 2.16. The summed E-state index contributed by atoms with van der Waals surface area (Å²) in [5, 5.41) is 18.0. The predicted molar refractivity (Wildman–Crippen MR) is 63.8 cm³/mol. The molecule has 0 saturated carbocycles. The summed E-state index contributed by atoms with van der Waals surface area (Å²) < 4.78 is 4.73. The summed E-state index contributed by atoms with van der Waals surface area (Å²) in [7, 11) is 2.96. The molecule has 108 valence electrons. The zero-order valence-electron chi connectivity index (χ0n) is 10.9. The lowest BCUT2D eigenvalue weighted by atomic mass is 9.97. The Morgan fingerprint density at radius 2 is 1.95 bits per heavy atom. The molecule has 1 aliphatic rings. The molecule has 0 radical (unpaired) electrons. The quantitative estimate of drug-likeness (QED) is 0.728. The fourth-order valence-electron chi connectivity index (χ4n) is 2.16. The van der Waals surface area contributed by atoms with E-state index < -0.39 is 18.1 Å². The SMILES string of the molecule is COCC(=O)N(C)[C@H]1CC[C@@H](C(=O)O)N(C(=O)O)C1. The van der Waals surface area contributed by atoms with Gasteiger partial charge in [0, 0.05) is 26.7 Å². The molecule has 8 heteroatoms. The maximum Gasteiger partial charge on any atom is 0.408 e. The number of carboxylic acid groups (broad SMARTS) is 2. The molecule has 0 aromatic heterocycles. The number of piperidine rings is 1. The van der Waals surface area contributed by atoms with Crippen LogP contribution < -0.4 is 0 Å². The van der Waals surface area contributed by atoms with Crippen LogP contribution in [0.25, 0.3) is 0 Å². The van der Waals surface area contributed by atoms with Crippen molar-refractivity contribution in [2.24, 2.45) is 0 Å². The van der Waals surface area contributed by atoms with E-state index in [1.54, 1.807) is 7.05 Å². The molecule has 0 spiro atoms. The molecule has 8 nitrogen and oxygen atoms in total. The van der Waals surface area contributed by atoms with Crippen molar-refractivity contribution < 1.29 is 29.3 Å². The lowest BCUT2D eigenvalue weighted by Gasteiger charge is -2.39. The number of aliphatic carboxylic acids is 1. The van der Waals surface area contributed by atoms with Crippen molar-refractivity contribution >= 4 is 18.0 Å². The number of nitrogens with zero attached hydrogens (tertiary/aromatic N) is 2. The normalized spacial score (nSPS) is 22.9. The minimum Gasteiger partial charge on any atom is -0.480 e. The lowest BCUT2D eigenvalue weighted by molar-refractivity contribution is -0.145. The first-order valence-corrected chi connectivity index (χ1v) is 5.85. The van der Waals surface area contributed by atoms with Gasteiger partial charge in [-0.25, -0.2) is 9.59 Å². The summed E-state index contributed by atoms with van der Waals surface area (Å²) in [4.78, 5) is 36.0. The monoisotopic (exact) mass is 274 g/mol. The molecule has 1 aliphatic heterocycles. The van der Waals surface area contributed by atoms with Crippen LogP contribution in [0.1, 0.15) is 12.8 Å². The number of rotatable bonds is 4. The molecule has 2 N–H and O–H groups in total. The van der Waals surface area contributed by atoms with E-state index in [2.05, 4.69) is 0 Å². The van der Waals surface area contributed by atoms with Gasteiger partial charge in [0.1, 0.15) is 12.6 Å². The molecule has 0 aromatic carbocycles. The Bertz CT molecular complexity index is 372. The van der Waals surface area contributed by atoms with Crippen molar-refractivity contribution in [2.45, 2.75) is 24.9 Å². The summed E-state index contributed by atoms with van der Waals surface area (Å²) in [5.74, 6) is -1.42. The van der Waals surface area contributed by atoms with E-state index in [0.717, 1.165) is 4.90 Å². The molecule has 19 heavy (non-hydrogen) atoms. The van der Waals surface area contributed by atoms with Crippen molar-refractivity contribution in [1.29, 1.82) is 0 Å². The van der Waals surface area contributed by atoms with Crippen LogP contribution in [0.15, 0.2) is 0 Å². The first-order valence-electron chi connectivity index (χ1n) is 5.85. The second-order valence-corrected chi connectivity index (χ2v) is 4.46. The number of likely N-dealkylation sites (tertiary alicyclic amines) is 1. The lowest BCUT2D eigenvalue weighted by Crippen LogP contribution is -2.56. The maximum atomic E-state index is 11.7. The van der Waals surface area contributed by atoms with Gasteiger partial charge in [0.25, 0.3) is 0 Å². The summed E-state index contributed by atoms with van der Waals surface area (Å²) in [6.45, 7) is -0.0827. The van der Waals surface area contributed by atoms with Crippen LogP contribution in [0.4, 0.5) is 4.79 Å². The number of carbonyl (C=O) groups is 3. The number of hydrogen-bond donors (Lipinski definition) is 2. The minimum atomic E-state index is -1.29. The van der Waals surface area contributed by atoms with Crippen LogP contribution in [-0.2, 0) is 14.3 Å². The van der Waals surface area contributed by atoms with Crippen LogP contribution in [0.3, 0.4) is 0 Å². The van der Waals surface area contributed by atoms with Gasteiger partial charge in [-0.05, 0) is 12.8 Å². The first-order chi connectivity index (χ1) is 8.88. The van der Waals surface area contributed by atoms with E-state index in [9.17, 15) is 14.4 Å². The summed E-state index contributed by atoms with van der Waals surface area (Å²) in [6.07, 6.45) is -0.645. The number of methoxy groups -OCH3 is 1. The molecule has 2 amide bonds. The van der Waals surface area contributed by atoms with E-state index in [0.29, 0.717) is 6.42 Å². The number of hydrogen-bond acceptors (Lipinski definition) is 4. The van der Waals surface area contributed by atoms with Crippen molar-refractivity contribution in [3.63, 3.8) is 0 Å². The third kappa shape index (κ3) is 3.57. The highest BCUT2D eigenvalue weighted by Gasteiger charge is 2.38. The molecule has 1 heterocycles. The van der Waals surface area contributed by atoms with Crippen LogP contribution in [0.5, 0.6) is 0 Å². The van der Waals surface area contributed by atoms with Gasteiger partial charge in [0.15, 0.2) is 0 Å². The van der Waals surface area contributed by atoms with Crippen molar-refractivity contribution in [1.82, 2.24) is 9.80 Å². The Kier molecular flexibility index (Phi) is 5.11. The van der Waals surface area contributed by atoms with Gasteiger partial charge in [0.2, 0.25) is 5.91 Å². The maximum absolute atomic E-state index is 11.7. The summed E-state index contributed by atoms with van der Waals surface area (Å²) in [6, 6.07) is -1.37. The second-order valence-electron chi connectivity index (χ2n) is 4.46. The molecule has 0 aliphatic carbocycles. The Balaban J connectivity index is 2.73. The van der Waals surface area contributed by atoms with E-state index in [-0.39, 0.29) is 31.5 Å². The molecular formula is C11H18N2O6. The zero-order chi connectivity index (χ0) is 14.6. The van der Waals surface area contributed by atoms with Gasteiger partial charge in [-0.15, -0.1) is 0 Å².